The molecule has 0 unspecified atom stereocenters. The molecule has 4 N–H and O–H groups in total. The summed E-state index contributed by atoms with van der Waals surface area (Å²) in [6.45, 7) is 7.76. The number of nitrogen functional groups attached to an aromatic ring is 2. The second-order valence-corrected chi connectivity index (χ2v) is 13.4. The maximum absolute atomic E-state index is 17.1. The second-order valence-electron chi connectivity index (χ2n) is 13.0. The number of pyridine rings is 2. The number of benzene rings is 1. The number of hydrogen-bond acceptors (Lipinski definition) is 11. The summed E-state index contributed by atoms with van der Waals surface area (Å²) < 4.78 is 79.0. The molecular weight excluding hydrogens is 680 g/mol. The molecule has 3 atom stereocenters. The molecule has 0 radical (unpaired) electrons. The van der Waals surface area contributed by atoms with Gasteiger partial charge in [-0.15, -0.1) is 0 Å². The van der Waals surface area contributed by atoms with E-state index in [2.05, 4.69) is 19.9 Å². The van der Waals surface area contributed by atoms with Crippen molar-refractivity contribution >= 4 is 40.0 Å². The summed E-state index contributed by atoms with van der Waals surface area (Å²) in [5.74, 6) is -0.967. The Hall–Kier alpha value is -4.21. The largest absolute Gasteiger partial charge is 0.489 e. The Labute approximate surface area is 290 Å². The van der Waals surface area contributed by atoms with Gasteiger partial charge in [-0.25, -0.2) is 14.4 Å². The van der Waals surface area contributed by atoms with Gasteiger partial charge in [-0.2, -0.15) is 23.1 Å². The summed E-state index contributed by atoms with van der Waals surface area (Å²) in [5.41, 5.74) is 9.35. The van der Waals surface area contributed by atoms with Gasteiger partial charge in [-0.05, 0) is 64.3 Å². The van der Waals surface area contributed by atoms with Crippen LogP contribution in [0, 0.1) is 12.7 Å². The van der Waals surface area contributed by atoms with Gasteiger partial charge in [-0.1, -0.05) is 17.7 Å². The van der Waals surface area contributed by atoms with Crippen molar-refractivity contribution in [2.45, 2.75) is 63.9 Å². The summed E-state index contributed by atoms with van der Waals surface area (Å²) in [6.07, 6.45) is -0.691. The Morgan fingerprint density at radius 1 is 1.20 bits per heavy atom. The van der Waals surface area contributed by atoms with E-state index in [1.807, 2.05) is 24.8 Å². The van der Waals surface area contributed by atoms with Crippen molar-refractivity contribution in [1.82, 2.24) is 24.8 Å². The highest BCUT2D eigenvalue weighted by Gasteiger charge is 2.49. The molecule has 7 rings (SSSR count). The molecule has 3 aliphatic rings. The van der Waals surface area contributed by atoms with Gasteiger partial charge >= 0.3 is 12.2 Å². The third kappa shape index (κ3) is 5.78. The third-order valence-electron chi connectivity index (χ3n) is 9.98. The van der Waals surface area contributed by atoms with Gasteiger partial charge in [0.2, 0.25) is 0 Å². The van der Waals surface area contributed by atoms with E-state index in [4.69, 9.17) is 42.3 Å². The van der Waals surface area contributed by atoms with E-state index < -0.39 is 39.9 Å². The van der Waals surface area contributed by atoms with Crippen LogP contribution in [0.25, 0.3) is 22.2 Å². The summed E-state index contributed by atoms with van der Waals surface area (Å²) in [4.78, 5) is 21.7. The fourth-order valence-electron chi connectivity index (χ4n) is 7.78. The first-order valence-corrected chi connectivity index (χ1v) is 16.9. The summed E-state index contributed by atoms with van der Waals surface area (Å²) in [5, 5.41) is -0.345. The smallest absolute Gasteiger partial charge is 0.418 e. The highest BCUT2D eigenvalue weighted by molar-refractivity contribution is 6.36. The first-order valence-electron chi connectivity index (χ1n) is 16.5. The average molecular weight is 717 g/mol. The minimum absolute atomic E-state index is 0.0172. The molecule has 6 heterocycles. The van der Waals surface area contributed by atoms with Crippen molar-refractivity contribution in [3.8, 4) is 23.0 Å². The molecule has 0 aliphatic carbocycles. The summed E-state index contributed by atoms with van der Waals surface area (Å²) >= 11 is 6.82. The Bertz CT molecular complexity index is 1970. The lowest BCUT2D eigenvalue weighted by Gasteiger charge is -2.32. The minimum Gasteiger partial charge on any atom is -0.489 e. The number of ether oxygens (including phenoxy) is 3. The Morgan fingerprint density at radius 3 is 2.74 bits per heavy atom. The highest BCUT2D eigenvalue weighted by Crippen LogP contribution is 2.51. The molecule has 0 saturated carbocycles. The average Bonchev–Trinajstić information content (AvgIpc) is 3.52. The minimum atomic E-state index is -4.91. The second kappa shape index (κ2) is 12.8. The number of aryl methyl sites for hydroxylation is 1. The number of hydrogen-bond donors (Lipinski definition) is 2. The van der Waals surface area contributed by atoms with E-state index in [-0.39, 0.29) is 71.3 Å². The highest BCUT2D eigenvalue weighted by atomic mass is 35.5. The zero-order valence-electron chi connectivity index (χ0n) is 27.8. The van der Waals surface area contributed by atoms with Gasteiger partial charge in [0.25, 0.3) is 0 Å². The molecule has 2 fully saturated rings. The lowest BCUT2D eigenvalue weighted by atomic mass is 9.94. The molecule has 2 saturated heterocycles. The zero-order valence-corrected chi connectivity index (χ0v) is 28.5. The maximum Gasteiger partial charge on any atom is 0.418 e. The number of alkyl halides is 3. The van der Waals surface area contributed by atoms with Gasteiger partial charge in [-0.3, -0.25) is 4.90 Å². The van der Waals surface area contributed by atoms with Crippen molar-refractivity contribution in [2.24, 2.45) is 0 Å². The topological polar surface area (TPSA) is 138 Å². The number of nitrogens with zero attached hydrogens (tertiary/aromatic N) is 6. The molecular formula is C34H37ClF4N8O3. The van der Waals surface area contributed by atoms with Gasteiger partial charge in [0, 0.05) is 24.9 Å². The van der Waals surface area contributed by atoms with Crippen LogP contribution >= 0.6 is 11.6 Å². The number of aromatic nitrogens is 4. The molecule has 11 nitrogen and oxygen atoms in total. The number of nitrogens with two attached hydrogens (primary N) is 2. The molecule has 50 heavy (non-hydrogen) atoms. The van der Waals surface area contributed by atoms with Gasteiger partial charge < -0.3 is 30.6 Å². The molecule has 0 spiro atoms. The molecule has 3 aromatic heterocycles. The summed E-state index contributed by atoms with van der Waals surface area (Å²) in [7, 11) is 0. The molecule has 1 aromatic carbocycles. The third-order valence-corrected chi connectivity index (χ3v) is 10.3. The van der Waals surface area contributed by atoms with Crippen molar-refractivity contribution in [3.05, 3.63) is 51.9 Å². The molecule has 16 heteroatoms. The number of halogens is 5. The van der Waals surface area contributed by atoms with Gasteiger partial charge in [0.1, 0.15) is 36.2 Å². The molecule has 266 valence electrons. The van der Waals surface area contributed by atoms with E-state index in [1.54, 1.807) is 12.3 Å². The van der Waals surface area contributed by atoms with Crippen LogP contribution in [0.1, 0.15) is 55.8 Å². The summed E-state index contributed by atoms with van der Waals surface area (Å²) in [6, 6.07) is 4.04. The normalized spacial score (nSPS) is 21.3. The first kappa shape index (κ1) is 34.2. The van der Waals surface area contributed by atoms with Crippen molar-refractivity contribution in [2.75, 3.05) is 55.8 Å². The van der Waals surface area contributed by atoms with Crippen molar-refractivity contribution < 1.29 is 31.8 Å². The van der Waals surface area contributed by atoms with E-state index in [0.29, 0.717) is 18.0 Å². The molecule has 4 aromatic rings. The quantitative estimate of drug-likeness (QED) is 0.197. The van der Waals surface area contributed by atoms with Gasteiger partial charge in [0.15, 0.2) is 11.6 Å². The fourth-order valence-corrected chi connectivity index (χ4v) is 8.10. The van der Waals surface area contributed by atoms with Crippen LogP contribution in [0.2, 0.25) is 5.02 Å². The van der Waals surface area contributed by atoms with Crippen LogP contribution in [0.5, 0.6) is 11.8 Å². The molecule has 3 aliphatic heterocycles. The Balaban J connectivity index is 1.43. The van der Waals surface area contributed by atoms with Gasteiger partial charge in [0.05, 0.1) is 51.5 Å². The SMILES string of the molecule is CCO[C@H]1CN2CCC[C@@]2(COc2nc3c4c(c(Cl)c(-c5nc(N)cc(C)c5C(F)(F)F)c(F)c4n2)OCCN3[C@H](C)c2cccnc2N)C1. The van der Waals surface area contributed by atoms with E-state index in [1.165, 1.54) is 6.92 Å². The van der Waals surface area contributed by atoms with Crippen LogP contribution in [0.4, 0.5) is 35.0 Å². The first-order chi connectivity index (χ1) is 23.8. The Kier molecular flexibility index (Phi) is 8.79. The monoisotopic (exact) mass is 716 g/mol. The van der Waals surface area contributed by atoms with Crippen molar-refractivity contribution in [3.63, 3.8) is 0 Å². The molecule has 0 amide bonds. The van der Waals surface area contributed by atoms with Crippen LogP contribution < -0.4 is 25.8 Å². The maximum atomic E-state index is 17.1. The predicted molar refractivity (Wildman–Crippen MR) is 181 cm³/mol. The fraction of sp³-hybridized carbons (Fsp3) is 0.471. The molecule has 0 bridgehead atoms. The van der Waals surface area contributed by atoms with E-state index >= 15 is 4.39 Å². The van der Waals surface area contributed by atoms with Crippen LogP contribution in [-0.2, 0) is 10.9 Å². The van der Waals surface area contributed by atoms with Crippen LogP contribution in [0.3, 0.4) is 0 Å². The number of anilines is 3. The number of rotatable bonds is 8. The number of fused-ring (bicyclic) bond motifs is 1. The zero-order chi connectivity index (χ0) is 35.5. The standard InChI is InChI=1S/C34H37ClF4N8O3/c1-4-48-19-14-33(8-6-10-46(33)15-19)16-50-32-44-28-23-29(49-12-11-47(31(23)45-32)18(3)20-7-5-9-42-30(20)41)25(35)22(26(28)36)27-24(34(37,38)39)17(2)13-21(40)43-27/h5,7,9,13,18-19H,4,6,8,10-12,14-16H2,1-3H3,(H2,40,43)(H2,41,42)/t18-,19-,33+/m1/s1. The van der Waals surface area contributed by atoms with Crippen molar-refractivity contribution in [1.29, 1.82) is 0 Å². The lowest BCUT2D eigenvalue weighted by molar-refractivity contribution is -0.137. The predicted octanol–water partition coefficient (Wildman–Crippen LogP) is 6.35. The van der Waals surface area contributed by atoms with E-state index in [0.717, 1.165) is 38.4 Å². The van der Waals surface area contributed by atoms with E-state index in [9.17, 15) is 13.2 Å². The van der Waals surface area contributed by atoms with Crippen LogP contribution in [-0.4, -0.2) is 75.9 Å². The lowest BCUT2D eigenvalue weighted by Crippen LogP contribution is -2.43. The Morgan fingerprint density at radius 2 is 2.00 bits per heavy atom. The van der Waals surface area contributed by atoms with Crippen LogP contribution in [0.15, 0.2) is 24.4 Å².